The molecule has 1 heterocycles. The number of anilines is 1. The van der Waals surface area contributed by atoms with Crippen molar-refractivity contribution in [2.45, 2.75) is 46.1 Å². The monoisotopic (exact) mass is 288 g/mol. The van der Waals surface area contributed by atoms with Crippen LogP contribution in [-0.2, 0) is 0 Å². The second-order valence-corrected chi connectivity index (χ2v) is 8.02. The molecular weight excluding hydrogens is 264 g/mol. The number of fused-ring (bicyclic) bond motifs is 2. The molecule has 0 spiro atoms. The van der Waals surface area contributed by atoms with Crippen molar-refractivity contribution in [3.63, 3.8) is 0 Å². The summed E-state index contributed by atoms with van der Waals surface area (Å²) in [7, 11) is 0. The Kier molecular flexibility index (Phi) is 3.28. The molecule has 108 valence electrons. The number of para-hydroxylation sites is 1. The van der Waals surface area contributed by atoms with Gasteiger partial charge in [-0.25, -0.2) is 0 Å². The average molecular weight is 288 g/mol. The zero-order valence-corrected chi connectivity index (χ0v) is 13.5. The molecular formula is C17H24N2S. The Morgan fingerprint density at radius 1 is 1.20 bits per heavy atom. The molecule has 1 saturated carbocycles. The van der Waals surface area contributed by atoms with Crippen molar-refractivity contribution >= 4 is 23.0 Å². The number of nitrogens with zero attached hydrogens (tertiary/aromatic N) is 1. The SMILES string of the molecule is CC1(C)C[C@H]2C[C@@](C)(CN2C(=S)Nc2ccccc2)C1. The van der Waals surface area contributed by atoms with Gasteiger partial charge >= 0.3 is 0 Å². The molecule has 1 saturated heterocycles. The number of hydrogen-bond donors (Lipinski definition) is 1. The van der Waals surface area contributed by atoms with Crippen molar-refractivity contribution in [1.29, 1.82) is 0 Å². The third-order valence-corrected chi connectivity index (χ3v) is 5.04. The first-order valence-corrected chi connectivity index (χ1v) is 7.91. The molecule has 2 bridgehead atoms. The topological polar surface area (TPSA) is 15.3 Å². The first kappa shape index (κ1) is 13.9. The van der Waals surface area contributed by atoms with E-state index in [-0.39, 0.29) is 0 Å². The molecule has 0 unspecified atom stereocenters. The number of likely N-dealkylation sites (tertiary alicyclic amines) is 1. The highest BCUT2D eigenvalue weighted by Gasteiger charge is 2.50. The van der Waals surface area contributed by atoms with E-state index in [0.717, 1.165) is 17.3 Å². The molecule has 2 aliphatic rings. The molecule has 1 aromatic rings. The van der Waals surface area contributed by atoms with Gasteiger partial charge < -0.3 is 10.2 Å². The Morgan fingerprint density at radius 3 is 2.60 bits per heavy atom. The van der Waals surface area contributed by atoms with Crippen molar-refractivity contribution in [2.24, 2.45) is 10.8 Å². The molecule has 3 rings (SSSR count). The van der Waals surface area contributed by atoms with Crippen LogP contribution in [0.4, 0.5) is 5.69 Å². The van der Waals surface area contributed by atoms with Crippen LogP contribution >= 0.6 is 12.2 Å². The van der Waals surface area contributed by atoms with Gasteiger partial charge in [-0.2, -0.15) is 0 Å². The number of hydrogen-bond acceptors (Lipinski definition) is 1. The fourth-order valence-electron chi connectivity index (χ4n) is 4.41. The lowest BCUT2D eigenvalue weighted by atomic mass is 9.65. The maximum Gasteiger partial charge on any atom is 0.173 e. The van der Waals surface area contributed by atoms with Crippen LogP contribution in [0.15, 0.2) is 30.3 Å². The van der Waals surface area contributed by atoms with Crippen molar-refractivity contribution in [2.75, 3.05) is 11.9 Å². The van der Waals surface area contributed by atoms with Crippen LogP contribution in [0.25, 0.3) is 0 Å². The van der Waals surface area contributed by atoms with Gasteiger partial charge in [0, 0.05) is 18.3 Å². The summed E-state index contributed by atoms with van der Waals surface area (Å²) in [6.07, 6.45) is 3.84. The molecule has 2 nitrogen and oxygen atoms in total. The van der Waals surface area contributed by atoms with E-state index in [1.165, 1.54) is 19.3 Å². The summed E-state index contributed by atoms with van der Waals surface area (Å²) in [4.78, 5) is 2.43. The first-order valence-electron chi connectivity index (χ1n) is 7.50. The lowest BCUT2D eigenvalue weighted by Gasteiger charge is -2.39. The van der Waals surface area contributed by atoms with Crippen LogP contribution in [0.1, 0.15) is 40.0 Å². The lowest BCUT2D eigenvalue weighted by molar-refractivity contribution is 0.132. The summed E-state index contributed by atoms with van der Waals surface area (Å²) in [5.74, 6) is 0. The molecule has 1 aliphatic heterocycles. The second-order valence-electron chi connectivity index (χ2n) is 7.64. The largest absolute Gasteiger partial charge is 0.345 e. The predicted octanol–water partition coefficient (Wildman–Crippen LogP) is 4.28. The Bertz CT molecular complexity index is 511. The Balaban J connectivity index is 1.74. The van der Waals surface area contributed by atoms with Gasteiger partial charge in [0.15, 0.2) is 5.11 Å². The molecule has 3 heteroatoms. The van der Waals surface area contributed by atoms with Crippen LogP contribution in [0.5, 0.6) is 0 Å². The van der Waals surface area contributed by atoms with E-state index in [4.69, 9.17) is 12.2 Å². The number of benzene rings is 1. The van der Waals surface area contributed by atoms with Crippen molar-refractivity contribution in [3.05, 3.63) is 30.3 Å². The molecule has 2 fully saturated rings. The highest BCUT2D eigenvalue weighted by molar-refractivity contribution is 7.80. The van der Waals surface area contributed by atoms with Crippen LogP contribution in [0.3, 0.4) is 0 Å². The lowest BCUT2D eigenvalue weighted by Crippen LogP contribution is -2.39. The molecule has 1 aromatic carbocycles. The van der Waals surface area contributed by atoms with E-state index in [1.807, 2.05) is 18.2 Å². The van der Waals surface area contributed by atoms with Gasteiger partial charge in [0.05, 0.1) is 0 Å². The van der Waals surface area contributed by atoms with Gasteiger partial charge in [-0.15, -0.1) is 0 Å². The average Bonchev–Trinajstić information content (AvgIpc) is 2.60. The Hall–Kier alpha value is -1.09. The first-order chi connectivity index (χ1) is 9.37. The van der Waals surface area contributed by atoms with E-state index in [9.17, 15) is 0 Å². The van der Waals surface area contributed by atoms with E-state index in [1.54, 1.807) is 0 Å². The quantitative estimate of drug-likeness (QED) is 0.776. The van der Waals surface area contributed by atoms with E-state index in [0.29, 0.717) is 16.9 Å². The summed E-state index contributed by atoms with van der Waals surface area (Å²) in [6, 6.07) is 10.9. The van der Waals surface area contributed by atoms with Gasteiger partial charge in [0.1, 0.15) is 0 Å². The highest BCUT2D eigenvalue weighted by Crippen LogP contribution is 2.52. The maximum atomic E-state index is 5.66. The van der Waals surface area contributed by atoms with Gasteiger partial charge in [0.2, 0.25) is 0 Å². The summed E-state index contributed by atoms with van der Waals surface area (Å²) in [6.45, 7) is 8.31. The van der Waals surface area contributed by atoms with Crippen molar-refractivity contribution < 1.29 is 0 Å². The normalized spacial score (nSPS) is 31.1. The Morgan fingerprint density at radius 2 is 1.90 bits per heavy atom. The van der Waals surface area contributed by atoms with Gasteiger partial charge in [0.25, 0.3) is 0 Å². The van der Waals surface area contributed by atoms with E-state index >= 15 is 0 Å². The summed E-state index contributed by atoms with van der Waals surface area (Å²) in [5.41, 5.74) is 1.95. The molecule has 2 atom stereocenters. The standard InChI is InChI=1S/C17H24N2S/c1-16(2)9-14-10-17(3,11-16)12-19(14)15(20)18-13-7-5-4-6-8-13/h4-8,14H,9-12H2,1-3H3,(H,18,20)/t14-,17+/m0/s1. The van der Waals surface area contributed by atoms with Gasteiger partial charge in [-0.3, -0.25) is 0 Å². The molecule has 0 aromatic heterocycles. The summed E-state index contributed by atoms with van der Waals surface area (Å²) in [5, 5.41) is 4.29. The highest BCUT2D eigenvalue weighted by atomic mass is 32.1. The van der Waals surface area contributed by atoms with E-state index < -0.39 is 0 Å². The molecule has 1 N–H and O–H groups in total. The van der Waals surface area contributed by atoms with Crippen molar-refractivity contribution in [1.82, 2.24) is 4.90 Å². The molecule has 20 heavy (non-hydrogen) atoms. The molecule has 1 aliphatic carbocycles. The smallest absolute Gasteiger partial charge is 0.173 e. The van der Waals surface area contributed by atoms with Gasteiger partial charge in [-0.1, -0.05) is 39.0 Å². The van der Waals surface area contributed by atoms with Crippen LogP contribution in [-0.4, -0.2) is 22.6 Å². The predicted molar refractivity (Wildman–Crippen MR) is 88.9 cm³/mol. The van der Waals surface area contributed by atoms with Crippen LogP contribution in [0.2, 0.25) is 0 Å². The number of thiocarbonyl (C=S) groups is 1. The van der Waals surface area contributed by atoms with Crippen LogP contribution < -0.4 is 5.32 Å². The molecule has 0 amide bonds. The minimum atomic E-state index is 0.425. The number of rotatable bonds is 1. The summed E-state index contributed by atoms with van der Waals surface area (Å²) >= 11 is 5.66. The van der Waals surface area contributed by atoms with Gasteiger partial charge in [-0.05, 0) is 54.4 Å². The Labute approximate surface area is 127 Å². The fourth-order valence-corrected chi connectivity index (χ4v) is 4.75. The zero-order chi connectivity index (χ0) is 14.4. The summed E-state index contributed by atoms with van der Waals surface area (Å²) < 4.78 is 0. The zero-order valence-electron chi connectivity index (χ0n) is 12.6. The van der Waals surface area contributed by atoms with Crippen molar-refractivity contribution in [3.8, 4) is 0 Å². The minimum absolute atomic E-state index is 0.425. The van der Waals surface area contributed by atoms with Crippen LogP contribution in [0, 0.1) is 10.8 Å². The number of nitrogens with one attached hydrogen (secondary N) is 1. The molecule has 0 radical (unpaired) electrons. The second kappa shape index (κ2) is 4.73. The minimum Gasteiger partial charge on any atom is -0.345 e. The maximum absolute atomic E-state index is 5.66. The third-order valence-electron chi connectivity index (χ3n) is 4.70. The fraction of sp³-hybridized carbons (Fsp3) is 0.588. The third kappa shape index (κ3) is 2.69. The van der Waals surface area contributed by atoms with E-state index in [2.05, 4.69) is 43.1 Å².